The molecule has 2 heterocycles. The lowest BCUT2D eigenvalue weighted by Crippen LogP contribution is -2.22. The molecule has 0 aliphatic heterocycles. The number of aromatic nitrogens is 4. The first-order chi connectivity index (χ1) is 9.50. The number of rotatable bonds is 2. The SMILES string of the molecule is CC(C)(C)n1c(-c2csnn2)nc2cc(CN)ccc21. The van der Waals surface area contributed by atoms with Gasteiger partial charge in [0.15, 0.2) is 5.82 Å². The molecule has 20 heavy (non-hydrogen) atoms. The van der Waals surface area contributed by atoms with Crippen LogP contribution < -0.4 is 5.73 Å². The molecule has 0 atom stereocenters. The van der Waals surface area contributed by atoms with Gasteiger partial charge in [-0.3, -0.25) is 0 Å². The van der Waals surface area contributed by atoms with E-state index in [2.05, 4.69) is 47.1 Å². The number of nitrogens with two attached hydrogens (primary N) is 1. The maximum Gasteiger partial charge on any atom is 0.163 e. The van der Waals surface area contributed by atoms with Gasteiger partial charge in [-0.1, -0.05) is 10.6 Å². The van der Waals surface area contributed by atoms with E-state index in [0.29, 0.717) is 6.54 Å². The Bertz CT molecular complexity index is 737. The van der Waals surface area contributed by atoms with E-state index in [9.17, 15) is 0 Å². The number of fused-ring (bicyclic) bond motifs is 1. The Labute approximate surface area is 121 Å². The molecule has 5 nitrogen and oxygen atoms in total. The first kappa shape index (κ1) is 13.2. The quantitative estimate of drug-likeness (QED) is 0.787. The molecular formula is C14H17N5S. The molecule has 0 bridgehead atoms. The summed E-state index contributed by atoms with van der Waals surface area (Å²) in [5, 5.41) is 6.08. The van der Waals surface area contributed by atoms with Gasteiger partial charge in [-0.2, -0.15) is 0 Å². The third-order valence-electron chi connectivity index (χ3n) is 3.21. The Balaban J connectivity index is 2.33. The summed E-state index contributed by atoms with van der Waals surface area (Å²) in [5.41, 5.74) is 9.57. The fraction of sp³-hybridized carbons (Fsp3) is 0.357. The highest BCUT2D eigenvalue weighted by molar-refractivity contribution is 7.03. The van der Waals surface area contributed by atoms with Crippen molar-refractivity contribution in [2.24, 2.45) is 5.73 Å². The van der Waals surface area contributed by atoms with Crippen LogP contribution in [0.3, 0.4) is 0 Å². The van der Waals surface area contributed by atoms with Gasteiger partial charge in [-0.05, 0) is 50.0 Å². The number of imidazole rings is 1. The Hall–Kier alpha value is -1.79. The predicted octanol–water partition coefficient (Wildman–Crippen LogP) is 2.77. The zero-order valence-electron chi connectivity index (χ0n) is 11.8. The summed E-state index contributed by atoms with van der Waals surface area (Å²) in [6.07, 6.45) is 0. The van der Waals surface area contributed by atoms with E-state index in [1.807, 2.05) is 11.4 Å². The van der Waals surface area contributed by atoms with Crippen LogP contribution in [0.2, 0.25) is 0 Å². The molecule has 0 amide bonds. The van der Waals surface area contributed by atoms with Gasteiger partial charge in [0.2, 0.25) is 0 Å². The summed E-state index contributed by atoms with van der Waals surface area (Å²) in [7, 11) is 0. The third-order valence-corrected chi connectivity index (χ3v) is 3.72. The molecule has 2 aromatic heterocycles. The lowest BCUT2D eigenvalue weighted by molar-refractivity contribution is 0.412. The predicted molar refractivity (Wildman–Crippen MR) is 81.5 cm³/mol. The summed E-state index contributed by atoms with van der Waals surface area (Å²) in [5.74, 6) is 0.857. The minimum atomic E-state index is -0.0854. The largest absolute Gasteiger partial charge is 0.326 e. The minimum absolute atomic E-state index is 0.0854. The number of hydrogen-bond donors (Lipinski definition) is 1. The van der Waals surface area contributed by atoms with Crippen molar-refractivity contribution in [3.8, 4) is 11.5 Å². The Morgan fingerprint density at radius 1 is 1.30 bits per heavy atom. The highest BCUT2D eigenvalue weighted by Gasteiger charge is 2.23. The third kappa shape index (κ3) is 2.10. The van der Waals surface area contributed by atoms with Crippen LogP contribution in [0.4, 0.5) is 0 Å². The van der Waals surface area contributed by atoms with Crippen LogP contribution in [0, 0.1) is 0 Å². The average Bonchev–Trinajstić information content (AvgIpc) is 3.03. The molecule has 104 valence electrons. The molecule has 0 radical (unpaired) electrons. The number of benzene rings is 1. The highest BCUT2D eigenvalue weighted by Crippen LogP contribution is 2.31. The topological polar surface area (TPSA) is 69.6 Å². The van der Waals surface area contributed by atoms with Gasteiger partial charge in [0.05, 0.1) is 11.0 Å². The van der Waals surface area contributed by atoms with Crippen LogP contribution in [-0.2, 0) is 12.1 Å². The zero-order valence-corrected chi connectivity index (χ0v) is 12.6. The second-order valence-corrected chi connectivity index (χ2v) is 6.37. The zero-order chi connectivity index (χ0) is 14.3. The van der Waals surface area contributed by atoms with Crippen LogP contribution in [-0.4, -0.2) is 19.1 Å². The van der Waals surface area contributed by atoms with Crippen LogP contribution in [0.25, 0.3) is 22.6 Å². The highest BCUT2D eigenvalue weighted by atomic mass is 32.1. The molecule has 1 aromatic carbocycles. The smallest absolute Gasteiger partial charge is 0.163 e. The lowest BCUT2D eigenvalue weighted by atomic mass is 10.1. The van der Waals surface area contributed by atoms with E-state index < -0.39 is 0 Å². The minimum Gasteiger partial charge on any atom is -0.326 e. The summed E-state index contributed by atoms with van der Waals surface area (Å²) in [6.45, 7) is 7.00. The molecule has 0 aliphatic carbocycles. The monoisotopic (exact) mass is 287 g/mol. The van der Waals surface area contributed by atoms with Gasteiger partial charge in [0.1, 0.15) is 5.69 Å². The van der Waals surface area contributed by atoms with Crippen molar-refractivity contribution in [3.05, 3.63) is 29.1 Å². The second-order valence-electron chi connectivity index (χ2n) is 5.76. The number of hydrogen-bond acceptors (Lipinski definition) is 5. The molecule has 3 rings (SSSR count). The fourth-order valence-corrected chi connectivity index (χ4v) is 2.80. The van der Waals surface area contributed by atoms with E-state index >= 15 is 0 Å². The van der Waals surface area contributed by atoms with Crippen molar-refractivity contribution in [1.29, 1.82) is 0 Å². The van der Waals surface area contributed by atoms with Crippen molar-refractivity contribution in [3.63, 3.8) is 0 Å². The van der Waals surface area contributed by atoms with Gasteiger partial charge in [0.25, 0.3) is 0 Å². The maximum atomic E-state index is 5.71. The molecule has 0 aliphatic rings. The van der Waals surface area contributed by atoms with Gasteiger partial charge in [-0.25, -0.2) is 4.98 Å². The molecule has 0 spiro atoms. The maximum absolute atomic E-state index is 5.71. The summed E-state index contributed by atoms with van der Waals surface area (Å²) in [6, 6.07) is 6.18. The molecule has 2 N–H and O–H groups in total. The van der Waals surface area contributed by atoms with Gasteiger partial charge in [-0.15, -0.1) is 5.10 Å². The molecule has 3 aromatic rings. The van der Waals surface area contributed by atoms with Crippen LogP contribution in [0.5, 0.6) is 0 Å². The Kier molecular flexibility index (Phi) is 3.07. The second kappa shape index (κ2) is 4.64. The van der Waals surface area contributed by atoms with Crippen LogP contribution in [0.1, 0.15) is 26.3 Å². The van der Waals surface area contributed by atoms with E-state index in [-0.39, 0.29) is 5.54 Å². The summed E-state index contributed by atoms with van der Waals surface area (Å²) < 4.78 is 6.15. The molecule has 0 fully saturated rings. The summed E-state index contributed by atoms with van der Waals surface area (Å²) >= 11 is 1.34. The first-order valence-electron chi connectivity index (χ1n) is 6.50. The van der Waals surface area contributed by atoms with Crippen molar-refractivity contribution >= 4 is 22.6 Å². The Morgan fingerprint density at radius 3 is 2.70 bits per heavy atom. The lowest BCUT2D eigenvalue weighted by Gasteiger charge is -2.24. The molecule has 0 saturated carbocycles. The van der Waals surface area contributed by atoms with Crippen molar-refractivity contribution < 1.29 is 0 Å². The van der Waals surface area contributed by atoms with Crippen LogP contribution in [0.15, 0.2) is 23.6 Å². The standard InChI is InChI=1S/C14H17N5S/c1-14(2,3)19-12-5-4-9(7-15)6-10(12)16-13(19)11-8-20-18-17-11/h4-6,8H,7,15H2,1-3H3. The number of nitrogens with zero attached hydrogens (tertiary/aromatic N) is 4. The Morgan fingerprint density at radius 2 is 2.10 bits per heavy atom. The van der Waals surface area contributed by atoms with Crippen molar-refractivity contribution in [2.45, 2.75) is 32.9 Å². The van der Waals surface area contributed by atoms with E-state index in [1.54, 1.807) is 0 Å². The van der Waals surface area contributed by atoms with Crippen molar-refractivity contribution in [2.75, 3.05) is 0 Å². The summed E-state index contributed by atoms with van der Waals surface area (Å²) in [4.78, 5) is 4.74. The molecule has 6 heteroatoms. The van der Waals surface area contributed by atoms with E-state index in [0.717, 1.165) is 28.1 Å². The van der Waals surface area contributed by atoms with Crippen molar-refractivity contribution in [1.82, 2.24) is 19.1 Å². The molecular weight excluding hydrogens is 270 g/mol. The van der Waals surface area contributed by atoms with Gasteiger partial charge in [0, 0.05) is 17.5 Å². The normalized spacial score (nSPS) is 12.2. The van der Waals surface area contributed by atoms with Gasteiger partial charge >= 0.3 is 0 Å². The fourth-order valence-electron chi connectivity index (χ4n) is 2.37. The van der Waals surface area contributed by atoms with E-state index in [4.69, 9.17) is 10.7 Å². The molecule has 0 saturated heterocycles. The first-order valence-corrected chi connectivity index (χ1v) is 7.33. The van der Waals surface area contributed by atoms with E-state index in [1.165, 1.54) is 11.5 Å². The molecule has 0 unspecified atom stereocenters. The average molecular weight is 287 g/mol. The van der Waals surface area contributed by atoms with Gasteiger partial charge < -0.3 is 10.3 Å². The van der Waals surface area contributed by atoms with Crippen LogP contribution >= 0.6 is 11.5 Å².